The van der Waals surface area contributed by atoms with Crippen LogP contribution in [0.3, 0.4) is 0 Å². The highest BCUT2D eigenvalue weighted by molar-refractivity contribution is 7.93. The van der Waals surface area contributed by atoms with E-state index < -0.39 is 21.2 Å². The van der Waals surface area contributed by atoms with Crippen LogP contribution in [0.4, 0.5) is 5.69 Å². The number of hydrogen-bond donors (Lipinski definition) is 1. The maximum Gasteiger partial charge on any atom is 0.355 e. The average molecular weight is 466 g/mol. The van der Waals surface area contributed by atoms with Gasteiger partial charge >= 0.3 is 5.97 Å². The number of anilines is 1. The topological polar surface area (TPSA) is 101 Å². The summed E-state index contributed by atoms with van der Waals surface area (Å²) in [5.74, 6) is -0.489. The number of nitriles is 1. The smallest absolute Gasteiger partial charge is 0.355 e. The zero-order valence-electron chi connectivity index (χ0n) is 19.3. The van der Waals surface area contributed by atoms with E-state index in [-0.39, 0.29) is 6.61 Å². The summed E-state index contributed by atoms with van der Waals surface area (Å²) >= 11 is 0. The van der Waals surface area contributed by atoms with E-state index in [1.54, 1.807) is 51.4 Å². The van der Waals surface area contributed by atoms with E-state index >= 15 is 0 Å². The number of carbonyl (C=O) groups excluding carboxylic acids is 1. The van der Waals surface area contributed by atoms with Crippen molar-refractivity contribution in [2.45, 2.75) is 32.9 Å². The van der Waals surface area contributed by atoms with Crippen LogP contribution in [-0.4, -0.2) is 30.8 Å². The van der Waals surface area contributed by atoms with Crippen LogP contribution in [0.1, 0.15) is 42.5 Å². The van der Waals surface area contributed by atoms with Crippen molar-refractivity contribution in [3.8, 4) is 28.3 Å². The molecule has 1 aromatic heterocycles. The predicted octanol–water partition coefficient (Wildman–Crippen LogP) is 4.87. The molecule has 0 unspecified atom stereocenters. The molecule has 0 aliphatic heterocycles. The maximum atomic E-state index is 12.6. The van der Waals surface area contributed by atoms with Crippen LogP contribution in [0.2, 0.25) is 0 Å². The number of nitrogens with zero attached hydrogens (tertiary/aromatic N) is 2. The highest BCUT2D eigenvalue weighted by Crippen LogP contribution is 2.35. The van der Waals surface area contributed by atoms with Gasteiger partial charge in [0.2, 0.25) is 10.0 Å². The first-order valence-electron chi connectivity index (χ1n) is 10.6. The average Bonchev–Trinajstić information content (AvgIpc) is 3.04. The van der Waals surface area contributed by atoms with Gasteiger partial charge in [0.1, 0.15) is 11.8 Å². The number of ether oxygens (including phenoxy) is 1. The summed E-state index contributed by atoms with van der Waals surface area (Å²) in [6.45, 7) is 6.99. The number of carbonyl (C=O) groups is 1. The van der Waals surface area contributed by atoms with Crippen molar-refractivity contribution in [2.75, 3.05) is 11.3 Å². The summed E-state index contributed by atoms with van der Waals surface area (Å²) in [4.78, 5) is 12.6. The van der Waals surface area contributed by atoms with E-state index in [0.717, 1.165) is 11.1 Å². The second-order valence-electron chi connectivity index (χ2n) is 7.89. The van der Waals surface area contributed by atoms with E-state index in [4.69, 9.17) is 4.74 Å². The molecule has 7 nitrogen and oxygen atoms in total. The number of rotatable bonds is 7. The van der Waals surface area contributed by atoms with E-state index in [9.17, 15) is 18.5 Å². The molecule has 0 spiro atoms. The molecule has 0 saturated carbocycles. The fourth-order valence-electron chi connectivity index (χ4n) is 3.57. The summed E-state index contributed by atoms with van der Waals surface area (Å²) in [5.41, 5.74) is 4.64. The van der Waals surface area contributed by atoms with Gasteiger partial charge in [0.15, 0.2) is 0 Å². The summed E-state index contributed by atoms with van der Waals surface area (Å²) < 4.78 is 34.4. The highest BCUT2D eigenvalue weighted by atomic mass is 32.2. The number of hydrogen-bond acceptors (Lipinski definition) is 5. The number of sulfonamides is 1. The molecule has 0 atom stereocenters. The zero-order chi connectivity index (χ0) is 24.3. The molecule has 0 bridgehead atoms. The first-order chi connectivity index (χ1) is 15.6. The quantitative estimate of drug-likeness (QED) is 0.502. The third-order valence-corrected chi connectivity index (χ3v) is 7.30. The molecule has 2 aromatic carbocycles. The Morgan fingerprint density at radius 1 is 1.12 bits per heavy atom. The number of para-hydroxylation sites is 1. The van der Waals surface area contributed by atoms with Crippen LogP contribution in [0.25, 0.3) is 22.3 Å². The Balaban J connectivity index is 2.09. The molecule has 0 aliphatic rings. The number of aromatic nitrogens is 1. The van der Waals surface area contributed by atoms with Crippen molar-refractivity contribution < 1.29 is 17.9 Å². The lowest BCUT2D eigenvalue weighted by Gasteiger charge is -2.15. The minimum atomic E-state index is -3.50. The van der Waals surface area contributed by atoms with Gasteiger partial charge in [-0.15, -0.1) is 0 Å². The van der Waals surface area contributed by atoms with Gasteiger partial charge in [0.25, 0.3) is 0 Å². The fourth-order valence-corrected chi connectivity index (χ4v) is 4.29. The molecule has 0 aliphatic carbocycles. The van der Waals surface area contributed by atoms with Crippen molar-refractivity contribution >= 4 is 21.7 Å². The minimum absolute atomic E-state index is 0.229. The molecule has 172 valence electrons. The van der Waals surface area contributed by atoms with E-state index in [1.165, 1.54) is 0 Å². The van der Waals surface area contributed by atoms with E-state index in [2.05, 4.69) is 10.8 Å². The normalized spacial score (nSPS) is 11.3. The molecule has 1 N–H and O–H groups in total. The molecule has 8 heteroatoms. The van der Waals surface area contributed by atoms with Gasteiger partial charge in [-0.05, 0) is 44.9 Å². The van der Waals surface area contributed by atoms with Crippen LogP contribution in [0.5, 0.6) is 0 Å². The number of nitrogens with one attached hydrogen (secondary N) is 1. The van der Waals surface area contributed by atoms with Crippen LogP contribution in [0.15, 0.2) is 48.5 Å². The van der Waals surface area contributed by atoms with Crippen molar-refractivity contribution in [3.05, 3.63) is 65.5 Å². The summed E-state index contributed by atoms with van der Waals surface area (Å²) in [6, 6.07) is 16.7. The minimum Gasteiger partial charge on any atom is -0.461 e. The van der Waals surface area contributed by atoms with Gasteiger partial charge in [-0.3, -0.25) is 4.72 Å². The lowest BCUT2D eigenvalue weighted by atomic mass is 9.97. The molecule has 0 saturated heterocycles. The van der Waals surface area contributed by atoms with Crippen molar-refractivity contribution in [1.82, 2.24) is 4.57 Å². The Bertz CT molecular complexity index is 1330. The van der Waals surface area contributed by atoms with Crippen LogP contribution < -0.4 is 4.72 Å². The van der Waals surface area contributed by atoms with Crippen molar-refractivity contribution in [1.29, 1.82) is 5.26 Å². The Morgan fingerprint density at radius 2 is 1.73 bits per heavy atom. The zero-order valence-corrected chi connectivity index (χ0v) is 20.2. The summed E-state index contributed by atoms with van der Waals surface area (Å²) in [7, 11) is -1.77. The Hall–Kier alpha value is -3.57. The first kappa shape index (κ1) is 24.1. The summed E-state index contributed by atoms with van der Waals surface area (Å²) in [5, 5.41) is 9.18. The fraction of sp³-hybridized carbons (Fsp3) is 0.280. The third kappa shape index (κ3) is 4.64. The van der Waals surface area contributed by atoms with E-state index in [0.29, 0.717) is 33.8 Å². The molecule has 3 rings (SSSR count). The lowest BCUT2D eigenvalue weighted by Crippen LogP contribution is -2.22. The second-order valence-corrected chi connectivity index (χ2v) is 10.1. The predicted molar refractivity (Wildman–Crippen MR) is 129 cm³/mol. The maximum absolute atomic E-state index is 12.6. The van der Waals surface area contributed by atoms with E-state index in [1.807, 2.05) is 36.4 Å². The number of benzene rings is 2. The third-order valence-electron chi connectivity index (χ3n) is 5.55. The molecule has 0 amide bonds. The van der Waals surface area contributed by atoms with Gasteiger partial charge in [-0.1, -0.05) is 42.5 Å². The van der Waals surface area contributed by atoms with Gasteiger partial charge in [-0.25, -0.2) is 13.2 Å². The Kier molecular flexibility index (Phi) is 6.94. The van der Waals surface area contributed by atoms with Crippen LogP contribution in [0, 0.1) is 18.3 Å². The van der Waals surface area contributed by atoms with Crippen molar-refractivity contribution in [3.63, 3.8) is 0 Å². The van der Waals surface area contributed by atoms with Gasteiger partial charge < -0.3 is 9.30 Å². The second kappa shape index (κ2) is 9.51. The van der Waals surface area contributed by atoms with Crippen LogP contribution >= 0.6 is 0 Å². The SMILES string of the molecule is CCOC(=O)c1c(-c2ccc(-c3ccccc3NS(=O)(=O)C(C)C)cc2)c(C#N)c(C)n1C. The van der Waals surface area contributed by atoms with Crippen LogP contribution in [-0.2, 0) is 21.8 Å². The molecular formula is C25H27N3O4S. The molecular weight excluding hydrogens is 438 g/mol. The van der Waals surface area contributed by atoms with Crippen molar-refractivity contribution in [2.24, 2.45) is 7.05 Å². The molecule has 0 radical (unpaired) electrons. The monoisotopic (exact) mass is 465 g/mol. The lowest BCUT2D eigenvalue weighted by molar-refractivity contribution is 0.0516. The molecule has 1 heterocycles. The Morgan fingerprint density at radius 3 is 2.30 bits per heavy atom. The number of esters is 1. The summed E-state index contributed by atoms with van der Waals surface area (Å²) in [6.07, 6.45) is 0. The molecule has 3 aromatic rings. The largest absolute Gasteiger partial charge is 0.461 e. The molecule has 33 heavy (non-hydrogen) atoms. The van der Waals surface area contributed by atoms with Gasteiger partial charge in [-0.2, -0.15) is 5.26 Å². The first-order valence-corrected chi connectivity index (χ1v) is 12.1. The standard InChI is InChI=1S/C25H27N3O4S/c1-6-32-25(29)24-23(21(15-26)17(4)28(24)5)19-13-11-18(12-14-19)20-9-7-8-10-22(20)27-33(30,31)16(2)3/h7-14,16,27H,6H2,1-5H3. The van der Waals surface area contributed by atoms with Gasteiger partial charge in [0.05, 0.1) is 23.1 Å². The highest BCUT2D eigenvalue weighted by Gasteiger charge is 2.26. The van der Waals surface area contributed by atoms with Gasteiger partial charge in [0, 0.05) is 23.9 Å². The molecule has 0 fully saturated rings. The Labute approximate surface area is 194 Å².